The van der Waals surface area contributed by atoms with E-state index in [4.69, 9.17) is 14.2 Å². The van der Waals surface area contributed by atoms with Gasteiger partial charge in [0.15, 0.2) is 0 Å². The monoisotopic (exact) mass is 470 g/mol. The molecule has 33 heavy (non-hydrogen) atoms. The minimum Gasteiger partial charge on any atom is -0.463 e. The second-order valence-electron chi connectivity index (χ2n) is 5.77. The summed E-state index contributed by atoms with van der Waals surface area (Å²) in [6.07, 6.45) is 1.35. The average Bonchev–Trinajstić information content (AvgIpc) is 2.75. The predicted octanol–water partition coefficient (Wildman–Crippen LogP) is 0.0833. The van der Waals surface area contributed by atoms with Gasteiger partial charge in [0.05, 0.1) is 44.8 Å². The Balaban J connectivity index is 3.95. The van der Waals surface area contributed by atoms with Gasteiger partial charge in [-0.1, -0.05) is 0 Å². The number of hydrogen-bond donors (Lipinski definition) is 0. The molecule has 0 amide bonds. The molecule has 0 unspecified atom stereocenters. The van der Waals surface area contributed by atoms with E-state index >= 15 is 0 Å². The first-order chi connectivity index (χ1) is 15.6. The van der Waals surface area contributed by atoms with Crippen molar-refractivity contribution in [2.45, 2.75) is 27.7 Å². The standard InChI is InChI=1S/C20H23FN2O10/c1-5-30-15(24)9-13(18(27)32-7-3)22-11-12(21)17(26)23(20(22)29)14(19(28)33-8-4)10-16(25)31-6-2/h9-11H,5-8H2,1-4H3/b13-9+,14-10-. The van der Waals surface area contributed by atoms with Gasteiger partial charge in [-0.15, -0.1) is 0 Å². The smallest absolute Gasteiger partial charge is 0.355 e. The van der Waals surface area contributed by atoms with Crippen molar-refractivity contribution in [2.75, 3.05) is 26.4 Å². The fourth-order valence-corrected chi connectivity index (χ4v) is 2.35. The van der Waals surface area contributed by atoms with Crippen LogP contribution in [0.4, 0.5) is 4.39 Å². The van der Waals surface area contributed by atoms with E-state index in [0.717, 1.165) is 0 Å². The van der Waals surface area contributed by atoms with Crippen LogP contribution in [0.15, 0.2) is 27.9 Å². The van der Waals surface area contributed by atoms with Crippen LogP contribution in [0, 0.1) is 5.82 Å². The third-order valence-corrected chi connectivity index (χ3v) is 3.60. The van der Waals surface area contributed by atoms with Crippen LogP contribution < -0.4 is 11.2 Å². The Morgan fingerprint density at radius 1 is 0.788 bits per heavy atom. The topological polar surface area (TPSA) is 149 Å². The van der Waals surface area contributed by atoms with Gasteiger partial charge in [0.25, 0.3) is 5.56 Å². The van der Waals surface area contributed by atoms with Crippen molar-refractivity contribution in [3.8, 4) is 0 Å². The van der Waals surface area contributed by atoms with E-state index in [2.05, 4.69) is 4.74 Å². The van der Waals surface area contributed by atoms with Gasteiger partial charge in [-0.25, -0.2) is 28.5 Å². The number of nitrogens with zero attached hydrogens (tertiary/aromatic N) is 2. The molecule has 1 aromatic heterocycles. The molecular formula is C20H23FN2O10. The normalized spacial score (nSPS) is 11.5. The van der Waals surface area contributed by atoms with E-state index < -0.39 is 52.3 Å². The highest BCUT2D eigenvalue weighted by Gasteiger charge is 2.26. The zero-order chi connectivity index (χ0) is 25.1. The first-order valence-electron chi connectivity index (χ1n) is 9.78. The maximum Gasteiger partial charge on any atom is 0.355 e. The molecule has 0 aromatic carbocycles. The molecule has 1 aromatic rings. The van der Waals surface area contributed by atoms with E-state index in [0.29, 0.717) is 18.3 Å². The molecule has 1 rings (SSSR count). The minimum atomic E-state index is -1.63. The molecule has 0 bridgehead atoms. The Morgan fingerprint density at radius 3 is 1.67 bits per heavy atom. The van der Waals surface area contributed by atoms with Gasteiger partial charge < -0.3 is 18.9 Å². The largest absolute Gasteiger partial charge is 0.463 e. The number of carbonyl (C=O) groups excluding carboxylic acids is 4. The molecule has 1 heterocycles. The Hall–Kier alpha value is -4.03. The molecule has 0 spiro atoms. The number of esters is 4. The number of aromatic nitrogens is 2. The lowest BCUT2D eigenvalue weighted by atomic mass is 10.3. The summed E-state index contributed by atoms with van der Waals surface area (Å²) in [5.74, 6) is -6.36. The molecule has 12 nitrogen and oxygen atoms in total. The summed E-state index contributed by atoms with van der Waals surface area (Å²) in [5, 5.41) is 0. The molecule has 0 atom stereocenters. The summed E-state index contributed by atoms with van der Waals surface area (Å²) in [6, 6.07) is 0. The lowest BCUT2D eigenvalue weighted by Crippen LogP contribution is -2.43. The van der Waals surface area contributed by atoms with Gasteiger partial charge in [0, 0.05) is 0 Å². The van der Waals surface area contributed by atoms with Gasteiger partial charge in [0.2, 0.25) is 5.82 Å². The van der Waals surface area contributed by atoms with Crippen LogP contribution in [0.1, 0.15) is 27.7 Å². The van der Waals surface area contributed by atoms with E-state index in [9.17, 15) is 33.2 Å². The molecule has 0 saturated carbocycles. The fraction of sp³-hybridized carbons (Fsp3) is 0.400. The first kappa shape index (κ1) is 27.0. The van der Waals surface area contributed by atoms with Crippen LogP contribution in [-0.2, 0) is 38.1 Å². The third kappa shape index (κ3) is 6.98. The molecule has 0 aliphatic rings. The van der Waals surface area contributed by atoms with Gasteiger partial charge in [-0.05, 0) is 27.7 Å². The maximum absolute atomic E-state index is 14.5. The van der Waals surface area contributed by atoms with Gasteiger partial charge in [-0.2, -0.15) is 4.39 Å². The molecule has 13 heteroatoms. The molecule has 0 aliphatic carbocycles. The molecule has 0 radical (unpaired) electrons. The fourth-order valence-electron chi connectivity index (χ4n) is 2.35. The quantitative estimate of drug-likeness (QED) is 0.261. The summed E-state index contributed by atoms with van der Waals surface area (Å²) >= 11 is 0. The van der Waals surface area contributed by atoms with Crippen LogP contribution in [0.5, 0.6) is 0 Å². The molecule has 180 valence electrons. The average molecular weight is 470 g/mol. The Morgan fingerprint density at radius 2 is 1.21 bits per heavy atom. The van der Waals surface area contributed by atoms with Gasteiger partial charge in [-0.3, -0.25) is 9.36 Å². The number of hydrogen-bond acceptors (Lipinski definition) is 10. The number of rotatable bonds is 10. The summed E-state index contributed by atoms with van der Waals surface area (Å²) in [7, 11) is 0. The molecule has 0 saturated heterocycles. The van der Waals surface area contributed by atoms with E-state index in [1.165, 1.54) is 27.7 Å². The Kier molecular flexibility index (Phi) is 10.4. The SMILES string of the molecule is CCOC(=O)/C=C(/C(=O)OCC)n1c(=O)c(F)cn(/C(=C/C(=O)OCC)C(=O)OCC)c1=O. The van der Waals surface area contributed by atoms with Gasteiger partial charge in [0.1, 0.15) is 11.4 Å². The number of carbonyl (C=O) groups is 4. The highest BCUT2D eigenvalue weighted by molar-refractivity contribution is 6.16. The summed E-state index contributed by atoms with van der Waals surface area (Å²) < 4.78 is 33.7. The highest BCUT2D eigenvalue weighted by atomic mass is 19.1. The summed E-state index contributed by atoms with van der Waals surface area (Å²) in [5.41, 5.74) is -4.89. The van der Waals surface area contributed by atoms with Crippen molar-refractivity contribution >= 4 is 35.3 Å². The summed E-state index contributed by atoms with van der Waals surface area (Å²) in [6.45, 7) is 5.21. The van der Waals surface area contributed by atoms with Crippen molar-refractivity contribution in [1.82, 2.24) is 9.13 Å². The van der Waals surface area contributed by atoms with Crippen LogP contribution >= 0.6 is 0 Å². The lowest BCUT2D eigenvalue weighted by Gasteiger charge is -2.14. The molecule has 0 fully saturated rings. The van der Waals surface area contributed by atoms with Crippen molar-refractivity contribution in [1.29, 1.82) is 0 Å². The zero-order valence-electron chi connectivity index (χ0n) is 18.4. The van der Waals surface area contributed by atoms with Crippen LogP contribution in [0.25, 0.3) is 11.4 Å². The third-order valence-electron chi connectivity index (χ3n) is 3.60. The number of ether oxygens (including phenoxy) is 4. The molecular weight excluding hydrogens is 447 g/mol. The van der Waals surface area contributed by atoms with Crippen molar-refractivity contribution in [2.24, 2.45) is 0 Å². The van der Waals surface area contributed by atoms with Crippen LogP contribution in [0.2, 0.25) is 0 Å². The molecule has 0 aliphatic heterocycles. The second kappa shape index (κ2) is 12.7. The minimum absolute atomic E-state index is 0.0253. The van der Waals surface area contributed by atoms with Crippen molar-refractivity contribution < 1.29 is 42.5 Å². The van der Waals surface area contributed by atoms with E-state index in [1.807, 2.05) is 0 Å². The lowest BCUT2D eigenvalue weighted by molar-refractivity contribution is -0.139. The maximum atomic E-state index is 14.5. The number of halogens is 1. The first-order valence-corrected chi connectivity index (χ1v) is 9.78. The Bertz CT molecular complexity index is 1100. The summed E-state index contributed by atoms with van der Waals surface area (Å²) in [4.78, 5) is 74.0. The van der Waals surface area contributed by atoms with Crippen molar-refractivity contribution in [3.05, 3.63) is 45.0 Å². The Labute approximate surface area is 186 Å². The second-order valence-corrected chi connectivity index (χ2v) is 5.77. The van der Waals surface area contributed by atoms with Crippen LogP contribution in [-0.4, -0.2) is 59.4 Å². The van der Waals surface area contributed by atoms with Crippen molar-refractivity contribution in [3.63, 3.8) is 0 Å². The zero-order valence-corrected chi connectivity index (χ0v) is 18.4. The van der Waals surface area contributed by atoms with E-state index in [1.54, 1.807) is 0 Å². The van der Waals surface area contributed by atoms with Gasteiger partial charge >= 0.3 is 29.6 Å². The molecule has 0 N–H and O–H groups in total. The van der Waals surface area contributed by atoms with E-state index in [-0.39, 0.29) is 35.6 Å². The van der Waals surface area contributed by atoms with Crippen LogP contribution in [0.3, 0.4) is 0 Å². The highest BCUT2D eigenvalue weighted by Crippen LogP contribution is 2.09. The predicted molar refractivity (Wildman–Crippen MR) is 110 cm³/mol.